The Morgan fingerprint density at radius 1 is 1.15 bits per heavy atom. The number of esters is 1. The second-order valence-corrected chi connectivity index (χ2v) is 9.48. The topological polar surface area (TPSA) is 92.8 Å². The lowest BCUT2D eigenvalue weighted by Gasteiger charge is -2.34. The van der Waals surface area contributed by atoms with E-state index in [-0.39, 0.29) is 29.0 Å². The summed E-state index contributed by atoms with van der Waals surface area (Å²) in [4.78, 5) is 24.3. The van der Waals surface area contributed by atoms with Gasteiger partial charge in [0.1, 0.15) is 0 Å². The Morgan fingerprint density at radius 2 is 1.78 bits per heavy atom. The van der Waals surface area contributed by atoms with Crippen molar-refractivity contribution in [1.82, 2.24) is 9.62 Å². The number of benzene rings is 1. The average molecular weight is 397 g/mol. The average Bonchev–Trinajstić information content (AvgIpc) is 2.63. The molecule has 150 valence electrons. The van der Waals surface area contributed by atoms with E-state index in [0.717, 1.165) is 17.1 Å². The molecular weight excluding hydrogens is 368 g/mol. The second-order valence-electron chi connectivity index (χ2n) is 7.33. The van der Waals surface area contributed by atoms with Gasteiger partial charge >= 0.3 is 5.97 Å². The highest BCUT2D eigenvalue weighted by atomic mass is 32.2. The molecule has 1 aromatic carbocycles. The van der Waals surface area contributed by atoms with Crippen molar-refractivity contribution in [1.29, 1.82) is 0 Å². The zero-order chi connectivity index (χ0) is 20.2. The second kappa shape index (κ2) is 8.84. The molecule has 0 heterocycles. The molecule has 27 heavy (non-hydrogen) atoms. The Labute approximate surface area is 161 Å². The molecular formula is C19H28N2O5S. The number of carbonyl (C=O) groups excluding carboxylic acids is 2. The molecule has 1 N–H and O–H groups in total. The van der Waals surface area contributed by atoms with Crippen molar-refractivity contribution in [2.24, 2.45) is 11.8 Å². The molecule has 0 aliphatic heterocycles. The molecule has 0 bridgehead atoms. The van der Waals surface area contributed by atoms with Gasteiger partial charge in [0.05, 0.1) is 10.5 Å². The van der Waals surface area contributed by atoms with Crippen LogP contribution in [0.5, 0.6) is 0 Å². The van der Waals surface area contributed by atoms with Gasteiger partial charge in [-0.05, 0) is 42.5 Å². The van der Waals surface area contributed by atoms with Crippen LogP contribution < -0.4 is 5.32 Å². The molecule has 2 rings (SSSR count). The minimum absolute atomic E-state index is 0.0854. The molecule has 1 aliphatic rings. The van der Waals surface area contributed by atoms with Gasteiger partial charge in [-0.3, -0.25) is 4.79 Å². The summed E-state index contributed by atoms with van der Waals surface area (Å²) in [5, 5.41) is 2.95. The molecule has 1 fully saturated rings. The van der Waals surface area contributed by atoms with Crippen LogP contribution >= 0.6 is 0 Å². The lowest BCUT2D eigenvalue weighted by atomic mass is 9.78. The summed E-state index contributed by atoms with van der Waals surface area (Å²) in [7, 11) is -0.685. The summed E-state index contributed by atoms with van der Waals surface area (Å²) >= 11 is 0. The number of rotatable bonds is 6. The molecule has 1 aliphatic carbocycles. The lowest BCUT2D eigenvalue weighted by molar-refractivity contribution is -0.125. The van der Waals surface area contributed by atoms with E-state index in [1.807, 2.05) is 0 Å². The van der Waals surface area contributed by atoms with Crippen molar-refractivity contribution >= 4 is 21.9 Å². The first kappa shape index (κ1) is 21.4. The summed E-state index contributed by atoms with van der Waals surface area (Å²) < 4.78 is 30.2. The van der Waals surface area contributed by atoms with Crippen molar-refractivity contribution in [2.45, 2.75) is 44.0 Å². The monoisotopic (exact) mass is 396 g/mol. The van der Waals surface area contributed by atoms with Crippen LogP contribution in [0.2, 0.25) is 0 Å². The molecule has 1 aromatic rings. The van der Waals surface area contributed by atoms with E-state index in [9.17, 15) is 18.0 Å². The number of amides is 1. The quantitative estimate of drug-likeness (QED) is 0.743. The summed E-state index contributed by atoms with van der Waals surface area (Å²) in [6, 6.07) is 5.55. The van der Waals surface area contributed by atoms with E-state index in [4.69, 9.17) is 4.74 Å². The fraction of sp³-hybridized carbons (Fsp3) is 0.579. The van der Waals surface area contributed by atoms with Crippen molar-refractivity contribution < 1.29 is 22.7 Å². The lowest BCUT2D eigenvalue weighted by Crippen LogP contribution is -2.45. The third-order valence-corrected chi connectivity index (χ3v) is 7.09. The van der Waals surface area contributed by atoms with Crippen LogP contribution in [0.25, 0.3) is 0 Å². The smallest absolute Gasteiger partial charge is 0.338 e. The minimum Gasteiger partial charge on any atom is -0.452 e. The number of nitrogens with zero attached hydrogens (tertiary/aromatic N) is 1. The maximum absolute atomic E-state index is 12.1. The van der Waals surface area contributed by atoms with Gasteiger partial charge in [-0.2, -0.15) is 0 Å². The molecule has 0 saturated heterocycles. The van der Waals surface area contributed by atoms with E-state index in [0.29, 0.717) is 11.8 Å². The fourth-order valence-electron chi connectivity index (χ4n) is 3.22. The van der Waals surface area contributed by atoms with Crippen LogP contribution in [0.1, 0.15) is 43.5 Å². The molecule has 1 saturated carbocycles. The molecule has 0 unspecified atom stereocenters. The Balaban J connectivity index is 1.89. The van der Waals surface area contributed by atoms with Gasteiger partial charge in [0.2, 0.25) is 10.0 Å². The van der Waals surface area contributed by atoms with E-state index in [2.05, 4.69) is 19.2 Å². The van der Waals surface area contributed by atoms with Crippen LogP contribution in [-0.4, -0.2) is 51.3 Å². The number of carbonyl (C=O) groups is 2. The van der Waals surface area contributed by atoms with Crippen LogP contribution in [0.3, 0.4) is 0 Å². The van der Waals surface area contributed by atoms with Crippen molar-refractivity contribution in [3.63, 3.8) is 0 Å². The zero-order valence-corrected chi connectivity index (χ0v) is 17.1. The van der Waals surface area contributed by atoms with Gasteiger partial charge < -0.3 is 10.1 Å². The molecule has 7 nitrogen and oxygen atoms in total. The normalized spacial score (nSPS) is 23.1. The molecule has 0 aromatic heterocycles. The predicted octanol–water partition coefficient (Wildman–Crippen LogP) is 2.03. The molecule has 0 radical (unpaired) electrons. The SMILES string of the molecule is C[C@@H]1[C@H](C)CCC[C@@H]1NC(=O)COC(=O)c1ccc(S(=O)(=O)N(C)C)cc1. The van der Waals surface area contributed by atoms with Gasteiger partial charge in [0.25, 0.3) is 5.91 Å². The van der Waals surface area contributed by atoms with E-state index < -0.39 is 16.0 Å². The van der Waals surface area contributed by atoms with E-state index in [1.54, 1.807) is 0 Å². The maximum atomic E-state index is 12.1. The predicted molar refractivity (Wildman–Crippen MR) is 102 cm³/mol. The maximum Gasteiger partial charge on any atom is 0.338 e. The summed E-state index contributed by atoms with van der Waals surface area (Å²) in [6.07, 6.45) is 3.19. The van der Waals surface area contributed by atoms with Crippen LogP contribution in [-0.2, 0) is 19.6 Å². The standard InChI is InChI=1S/C19H28N2O5S/c1-13-6-5-7-17(14(13)2)20-18(22)12-26-19(23)15-8-10-16(11-9-15)27(24,25)21(3)4/h8-11,13-14,17H,5-7,12H2,1-4H3,(H,20,22)/t13-,14-,17+/m1/s1. The highest BCUT2D eigenvalue weighted by molar-refractivity contribution is 7.89. The van der Waals surface area contributed by atoms with Crippen LogP contribution in [0.15, 0.2) is 29.2 Å². The number of ether oxygens (including phenoxy) is 1. The van der Waals surface area contributed by atoms with Gasteiger partial charge in [-0.1, -0.05) is 26.7 Å². The first-order valence-electron chi connectivity index (χ1n) is 9.12. The van der Waals surface area contributed by atoms with Gasteiger partial charge in [-0.25, -0.2) is 17.5 Å². The highest BCUT2D eigenvalue weighted by Crippen LogP contribution is 2.29. The Bertz CT molecular complexity index is 774. The number of hydrogen-bond donors (Lipinski definition) is 1. The van der Waals surface area contributed by atoms with Gasteiger partial charge in [-0.15, -0.1) is 0 Å². The molecule has 3 atom stereocenters. The van der Waals surface area contributed by atoms with E-state index in [1.165, 1.54) is 44.8 Å². The van der Waals surface area contributed by atoms with Crippen LogP contribution in [0, 0.1) is 11.8 Å². The first-order chi connectivity index (χ1) is 12.6. The zero-order valence-electron chi connectivity index (χ0n) is 16.3. The fourth-order valence-corrected chi connectivity index (χ4v) is 4.12. The van der Waals surface area contributed by atoms with E-state index >= 15 is 0 Å². The third kappa shape index (κ3) is 5.29. The minimum atomic E-state index is -3.55. The Hall–Kier alpha value is -1.93. The number of sulfonamides is 1. The highest BCUT2D eigenvalue weighted by Gasteiger charge is 2.28. The molecule has 1 amide bonds. The summed E-state index contributed by atoms with van der Waals surface area (Å²) in [6.45, 7) is 3.96. The summed E-state index contributed by atoms with van der Waals surface area (Å²) in [5.74, 6) is -0.0294. The summed E-state index contributed by atoms with van der Waals surface area (Å²) in [5.41, 5.74) is 0.195. The Morgan fingerprint density at radius 3 is 2.37 bits per heavy atom. The van der Waals surface area contributed by atoms with Gasteiger partial charge in [0, 0.05) is 20.1 Å². The van der Waals surface area contributed by atoms with Gasteiger partial charge in [0.15, 0.2) is 6.61 Å². The number of hydrogen-bond acceptors (Lipinski definition) is 5. The van der Waals surface area contributed by atoms with Crippen molar-refractivity contribution in [3.05, 3.63) is 29.8 Å². The van der Waals surface area contributed by atoms with Crippen molar-refractivity contribution in [3.8, 4) is 0 Å². The Kier molecular flexibility index (Phi) is 7.00. The molecule has 0 spiro atoms. The first-order valence-corrected chi connectivity index (χ1v) is 10.6. The largest absolute Gasteiger partial charge is 0.452 e. The van der Waals surface area contributed by atoms with Crippen molar-refractivity contribution in [2.75, 3.05) is 20.7 Å². The van der Waals surface area contributed by atoms with Crippen LogP contribution in [0.4, 0.5) is 0 Å². The molecule has 8 heteroatoms. The third-order valence-electron chi connectivity index (χ3n) is 5.26. The number of nitrogens with one attached hydrogen (secondary N) is 1.